The van der Waals surface area contributed by atoms with Gasteiger partial charge in [-0.2, -0.15) is 0 Å². The molecule has 0 aliphatic carbocycles. The van der Waals surface area contributed by atoms with E-state index in [0.717, 1.165) is 29.2 Å². The first-order valence-corrected chi connectivity index (χ1v) is 11.9. The van der Waals surface area contributed by atoms with Gasteiger partial charge in [0.05, 0.1) is 19.1 Å². The molecule has 3 aromatic rings. The average molecular weight is 478 g/mol. The summed E-state index contributed by atoms with van der Waals surface area (Å²) in [7, 11) is 1.64. The van der Waals surface area contributed by atoms with Gasteiger partial charge in [0, 0.05) is 37.8 Å². The molecule has 3 heterocycles. The van der Waals surface area contributed by atoms with Crippen LogP contribution in [-0.2, 0) is 4.79 Å². The fourth-order valence-electron chi connectivity index (χ4n) is 4.05. The van der Waals surface area contributed by atoms with Crippen LogP contribution in [0.15, 0.2) is 59.2 Å². The van der Waals surface area contributed by atoms with E-state index in [1.807, 2.05) is 50.2 Å². The predicted molar refractivity (Wildman–Crippen MR) is 132 cm³/mol. The van der Waals surface area contributed by atoms with Crippen molar-refractivity contribution in [2.24, 2.45) is 0 Å². The first-order valence-electron chi connectivity index (χ1n) is 11.9. The third-order valence-electron chi connectivity index (χ3n) is 6.39. The molecule has 184 valence electrons. The van der Waals surface area contributed by atoms with Crippen molar-refractivity contribution in [3.05, 3.63) is 60.6 Å². The molecule has 0 bridgehead atoms. The monoisotopic (exact) mass is 477 g/mol. The molecular formula is C26H31N5O4. The van der Waals surface area contributed by atoms with Gasteiger partial charge < -0.3 is 23.9 Å². The Hall–Kier alpha value is -3.88. The van der Waals surface area contributed by atoms with Crippen LogP contribution in [0.2, 0.25) is 0 Å². The maximum Gasteiger partial charge on any atom is 0.290 e. The van der Waals surface area contributed by atoms with Crippen LogP contribution in [0.5, 0.6) is 5.75 Å². The minimum absolute atomic E-state index is 0.0313. The molecule has 9 heteroatoms. The number of aromatic nitrogens is 2. The molecule has 4 rings (SSSR count). The van der Waals surface area contributed by atoms with Gasteiger partial charge in [0.1, 0.15) is 12.3 Å². The number of carbonyl (C=O) groups excluding carboxylic acids is 2. The quantitative estimate of drug-likeness (QED) is 0.491. The minimum atomic E-state index is -0.261. The molecule has 2 amide bonds. The van der Waals surface area contributed by atoms with Gasteiger partial charge in [-0.05, 0) is 49.7 Å². The summed E-state index contributed by atoms with van der Waals surface area (Å²) in [6, 6.07) is 14.8. The number of furan rings is 1. The van der Waals surface area contributed by atoms with Crippen LogP contribution in [0.1, 0.15) is 30.8 Å². The highest BCUT2D eigenvalue weighted by molar-refractivity contribution is 5.94. The number of anilines is 1. The van der Waals surface area contributed by atoms with Crippen molar-refractivity contribution >= 4 is 17.6 Å². The van der Waals surface area contributed by atoms with E-state index in [4.69, 9.17) is 9.15 Å². The molecule has 0 N–H and O–H groups in total. The average Bonchev–Trinajstić information content (AvgIpc) is 3.46. The van der Waals surface area contributed by atoms with Gasteiger partial charge in [0.2, 0.25) is 5.91 Å². The minimum Gasteiger partial charge on any atom is -0.497 e. The lowest BCUT2D eigenvalue weighted by Crippen LogP contribution is -2.53. The fourth-order valence-corrected chi connectivity index (χ4v) is 4.05. The number of hydrogen-bond acceptors (Lipinski definition) is 7. The Morgan fingerprint density at radius 3 is 2.51 bits per heavy atom. The normalized spacial score (nSPS) is 14.5. The molecular weight excluding hydrogens is 446 g/mol. The summed E-state index contributed by atoms with van der Waals surface area (Å²) < 4.78 is 10.6. The van der Waals surface area contributed by atoms with E-state index >= 15 is 0 Å². The van der Waals surface area contributed by atoms with Crippen molar-refractivity contribution in [1.29, 1.82) is 0 Å². The van der Waals surface area contributed by atoms with Gasteiger partial charge in [-0.3, -0.25) is 9.59 Å². The summed E-state index contributed by atoms with van der Waals surface area (Å²) in [4.78, 5) is 31.4. The summed E-state index contributed by atoms with van der Waals surface area (Å²) >= 11 is 0. The molecule has 1 aliphatic heterocycles. The highest BCUT2D eigenvalue weighted by Crippen LogP contribution is 2.23. The van der Waals surface area contributed by atoms with E-state index in [2.05, 4.69) is 15.1 Å². The second-order valence-electron chi connectivity index (χ2n) is 8.54. The first-order chi connectivity index (χ1) is 17.0. The van der Waals surface area contributed by atoms with Crippen molar-refractivity contribution < 1.29 is 18.7 Å². The number of ether oxygens (including phenoxy) is 1. The first kappa shape index (κ1) is 24.3. The summed E-state index contributed by atoms with van der Waals surface area (Å²) in [6.45, 7) is 6.38. The van der Waals surface area contributed by atoms with Crippen LogP contribution in [-0.4, -0.2) is 77.7 Å². The van der Waals surface area contributed by atoms with Crippen LogP contribution < -0.4 is 9.64 Å². The number of amides is 2. The van der Waals surface area contributed by atoms with E-state index < -0.39 is 0 Å². The Bertz CT molecular complexity index is 1120. The summed E-state index contributed by atoms with van der Waals surface area (Å²) in [5.41, 5.74) is 1.71. The van der Waals surface area contributed by atoms with Crippen LogP contribution in [0.4, 0.5) is 5.82 Å². The molecule has 1 aliphatic rings. The second kappa shape index (κ2) is 11.0. The Morgan fingerprint density at radius 2 is 1.89 bits per heavy atom. The van der Waals surface area contributed by atoms with Gasteiger partial charge in [0.15, 0.2) is 11.6 Å². The Morgan fingerprint density at radius 1 is 1.09 bits per heavy atom. The lowest BCUT2D eigenvalue weighted by molar-refractivity contribution is -0.132. The second-order valence-corrected chi connectivity index (χ2v) is 8.54. The van der Waals surface area contributed by atoms with Gasteiger partial charge in [-0.15, -0.1) is 10.2 Å². The van der Waals surface area contributed by atoms with E-state index in [0.29, 0.717) is 26.2 Å². The van der Waals surface area contributed by atoms with Crippen LogP contribution >= 0.6 is 0 Å². The highest BCUT2D eigenvalue weighted by atomic mass is 16.5. The van der Waals surface area contributed by atoms with Gasteiger partial charge >= 0.3 is 0 Å². The zero-order chi connectivity index (χ0) is 24.8. The number of benzene rings is 1. The third-order valence-corrected chi connectivity index (χ3v) is 6.39. The molecule has 35 heavy (non-hydrogen) atoms. The molecule has 2 aromatic heterocycles. The molecule has 0 unspecified atom stereocenters. The third kappa shape index (κ3) is 5.62. The van der Waals surface area contributed by atoms with E-state index in [1.165, 1.54) is 6.26 Å². The van der Waals surface area contributed by atoms with Crippen LogP contribution in [0.3, 0.4) is 0 Å². The van der Waals surface area contributed by atoms with E-state index in [9.17, 15) is 9.59 Å². The van der Waals surface area contributed by atoms with Crippen molar-refractivity contribution in [2.45, 2.75) is 26.3 Å². The van der Waals surface area contributed by atoms with Crippen LogP contribution in [0.25, 0.3) is 11.3 Å². The van der Waals surface area contributed by atoms with E-state index in [-0.39, 0.29) is 30.2 Å². The lowest BCUT2D eigenvalue weighted by atomic mass is 10.1. The van der Waals surface area contributed by atoms with Gasteiger partial charge in [-0.1, -0.05) is 19.1 Å². The zero-order valence-electron chi connectivity index (χ0n) is 20.4. The van der Waals surface area contributed by atoms with Crippen LogP contribution in [0, 0.1) is 0 Å². The molecule has 0 spiro atoms. The molecule has 1 fully saturated rings. The van der Waals surface area contributed by atoms with E-state index in [1.54, 1.807) is 29.0 Å². The summed E-state index contributed by atoms with van der Waals surface area (Å²) in [5.74, 6) is 1.47. The topological polar surface area (TPSA) is 92.0 Å². The highest BCUT2D eigenvalue weighted by Gasteiger charge is 2.29. The zero-order valence-corrected chi connectivity index (χ0v) is 20.4. The molecule has 0 radical (unpaired) electrons. The Kier molecular flexibility index (Phi) is 7.64. The van der Waals surface area contributed by atoms with Crippen molar-refractivity contribution in [3.8, 4) is 17.0 Å². The standard InChI is InChI=1S/C26H31N5O4/c1-4-19(2)31(26(33)23-9-6-16-35-23)18-25(32)30-14-12-29(13-15-30)24-11-10-22(27-28-24)20-7-5-8-21(17-20)34-3/h5-11,16-17,19H,4,12-15,18H2,1-3H3/t19-/m0/s1. The number of hydrogen-bond donors (Lipinski definition) is 0. The van der Waals surface area contributed by atoms with Gasteiger partial charge in [0.25, 0.3) is 5.91 Å². The number of rotatable bonds is 8. The maximum absolute atomic E-state index is 13.0. The fraction of sp³-hybridized carbons (Fsp3) is 0.385. The smallest absolute Gasteiger partial charge is 0.290 e. The Balaban J connectivity index is 1.35. The summed E-state index contributed by atoms with van der Waals surface area (Å²) in [5, 5.41) is 8.79. The summed E-state index contributed by atoms with van der Waals surface area (Å²) in [6.07, 6.45) is 2.22. The SMILES string of the molecule is CC[C@H](C)N(CC(=O)N1CCN(c2ccc(-c3cccc(OC)c3)nn2)CC1)C(=O)c1ccco1. The molecule has 9 nitrogen and oxygen atoms in total. The van der Waals surface area contributed by atoms with Crippen molar-refractivity contribution in [3.63, 3.8) is 0 Å². The number of piperazine rings is 1. The molecule has 1 aromatic carbocycles. The maximum atomic E-state index is 13.0. The van der Waals surface area contributed by atoms with Crippen molar-refractivity contribution in [2.75, 3.05) is 44.7 Å². The van der Waals surface area contributed by atoms with Gasteiger partial charge in [-0.25, -0.2) is 0 Å². The Labute approximate surface area is 205 Å². The largest absolute Gasteiger partial charge is 0.497 e. The predicted octanol–water partition coefficient (Wildman–Crippen LogP) is 3.33. The lowest BCUT2D eigenvalue weighted by Gasteiger charge is -2.37. The molecule has 1 atom stereocenters. The number of nitrogens with zero attached hydrogens (tertiary/aromatic N) is 5. The van der Waals surface area contributed by atoms with Crippen molar-refractivity contribution in [1.82, 2.24) is 20.0 Å². The number of methoxy groups -OCH3 is 1. The molecule has 0 saturated carbocycles. The molecule has 1 saturated heterocycles. The number of carbonyl (C=O) groups is 2.